The van der Waals surface area contributed by atoms with Crippen LogP contribution < -0.4 is 5.32 Å². The van der Waals surface area contributed by atoms with Gasteiger partial charge in [-0.25, -0.2) is 0 Å². The number of hydrogen-bond donors (Lipinski definition) is 1. The Morgan fingerprint density at radius 2 is 1.95 bits per heavy atom. The van der Waals surface area contributed by atoms with Gasteiger partial charge < -0.3 is 10.2 Å². The second kappa shape index (κ2) is 6.83. The molecule has 0 fully saturated rings. The third-order valence-electron chi connectivity index (χ3n) is 3.45. The number of hydrogen-bond acceptors (Lipinski definition) is 2. The number of halogens is 2. The summed E-state index contributed by atoms with van der Waals surface area (Å²) in [4.78, 5) is 14.1. The second-order valence-electron chi connectivity index (χ2n) is 5.49. The molecule has 0 spiro atoms. The molecule has 4 nitrogen and oxygen atoms in total. The van der Waals surface area contributed by atoms with Crippen molar-refractivity contribution < 1.29 is 13.6 Å². The van der Waals surface area contributed by atoms with Crippen molar-refractivity contribution in [2.75, 3.05) is 20.6 Å². The van der Waals surface area contributed by atoms with Crippen LogP contribution in [0.5, 0.6) is 0 Å². The molecule has 1 atom stereocenters. The molecule has 0 bridgehead atoms. The van der Waals surface area contributed by atoms with Crippen molar-refractivity contribution in [1.29, 1.82) is 0 Å². The molecule has 1 amide bonds. The Labute approximate surface area is 118 Å². The summed E-state index contributed by atoms with van der Waals surface area (Å²) < 4.78 is 26.6. The number of carbonyl (C=O) groups excluding carboxylic acids is 1. The molecule has 0 aliphatic rings. The van der Waals surface area contributed by atoms with Crippen LogP contribution in [0.2, 0.25) is 0 Å². The maximum absolute atomic E-state index is 12.9. The van der Waals surface area contributed by atoms with Gasteiger partial charge in [-0.2, -0.15) is 8.78 Å². The van der Waals surface area contributed by atoms with Crippen molar-refractivity contribution in [2.24, 2.45) is 5.92 Å². The summed E-state index contributed by atoms with van der Waals surface area (Å²) in [6, 6.07) is 3.11. The van der Waals surface area contributed by atoms with Crippen molar-refractivity contribution >= 4 is 5.91 Å². The summed E-state index contributed by atoms with van der Waals surface area (Å²) in [6.45, 7) is 3.39. The molecule has 6 heteroatoms. The van der Waals surface area contributed by atoms with E-state index >= 15 is 0 Å². The molecule has 20 heavy (non-hydrogen) atoms. The van der Waals surface area contributed by atoms with Gasteiger partial charge in [0.2, 0.25) is 0 Å². The number of alkyl halides is 2. The molecule has 0 saturated carbocycles. The Hall–Kier alpha value is -1.43. The minimum absolute atomic E-state index is 0.00115. The van der Waals surface area contributed by atoms with Crippen LogP contribution in [0.25, 0.3) is 0 Å². The van der Waals surface area contributed by atoms with E-state index < -0.39 is 12.5 Å². The van der Waals surface area contributed by atoms with Gasteiger partial charge in [0, 0.05) is 18.3 Å². The fourth-order valence-corrected chi connectivity index (χ4v) is 2.30. The van der Waals surface area contributed by atoms with Crippen LogP contribution in [0.3, 0.4) is 0 Å². The van der Waals surface area contributed by atoms with E-state index in [0.717, 1.165) is 4.57 Å². The van der Waals surface area contributed by atoms with Gasteiger partial charge in [0.05, 0.1) is 0 Å². The molecule has 0 aliphatic carbocycles. The van der Waals surface area contributed by atoms with Crippen molar-refractivity contribution in [1.82, 2.24) is 14.8 Å². The Kier molecular flexibility index (Phi) is 5.68. The van der Waals surface area contributed by atoms with E-state index in [1.807, 2.05) is 19.0 Å². The lowest BCUT2D eigenvalue weighted by Crippen LogP contribution is -2.43. The molecule has 114 valence electrons. The van der Waals surface area contributed by atoms with E-state index in [-0.39, 0.29) is 11.7 Å². The summed E-state index contributed by atoms with van der Waals surface area (Å²) in [6.07, 6.45) is 0. The second-order valence-corrected chi connectivity index (χ2v) is 5.49. The van der Waals surface area contributed by atoms with Crippen molar-refractivity contribution in [3.05, 3.63) is 23.5 Å². The van der Waals surface area contributed by atoms with Crippen LogP contribution in [0.15, 0.2) is 12.1 Å². The predicted molar refractivity (Wildman–Crippen MR) is 75.1 cm³/mol. The lowest BCUT2D eigenvalue weighted by Gasteiger charge is -2.28. The molecule has 0 saturated heterocycles. The fourth-order valence-electron chi connectivity index (χ4n) is 2.30. The zero-order valence-electron chi connectivity index (χ0n) is 12.7. The smallest absolute Gasteiger partial charge is 0.319 e. The SMILES string of the molecule is Cc1ccc(C(=O)NCC(C(C)C)N(C)C)n1C(F)F. The maximum Gasteiger partial charge on any atom is 0.319 e. The maximum atomic E-state index is 12.9. The summed E-state index contributed by atoms with van der Waals surface area (Å²) in [5.41, 5.74) is 0.372. The Morgan fingerprint density at radius 3 is 2.40 bits per heavy atom. The molecule has 1 aromatic heterocycles. The highest BCUT2D eigenvalue weighted by atomic mass is 19.3. The van der Waals surface area contributed by atoms with Crippen LogP contribution in [0.4, 0.5) is 8.78 Å². The third kappa shape index (κ3) is 3.79. The first-order chi connectivity index (χ1) is 9.25. The lowest BCUT2D eigenvalue weighted by atomic mass is 10.0. The number of aryl methyl sites for hydroxylation is 1. The summed E-state index contributed by atoms with van der Waals surface area (Å²) >= 11 is 0. The van der Waals surface area contributed by atoms with E-state index in [4.69, 9.17) is 0 Å². The van der Waals surface area contributed by atoms with Crippen LogP contribution >= 0.6 is 0 Å². The van der Waals surface area contributed by atoms with Crippen molar-refractivity contribution in [2.45, 2.75) is 33.4 Å². The minimum atomic E-state index is -2.71. The normalized spacial score (nSPS) is 13.3. The van der Waals surface area contributed by atoms with E-state index in [9.17, 15) is 13.6 Å². The average molecular weight is 287 g/mol. The number of nitrogens with one attached hydrogen (secondary N) is 1. The quantitative estimate of drug-likeness (QED) is 0.873. The van der Waals surface area contributed by atoms with Gasteiger partial charge in [-0.15, -0.1) is 0 Å². The van der Waals surface area contributed by atoms with Gasteiger partial charge in [0.25, 0.3) is 5.91 Å². The standard InChI is InChI=1S/C14H23F2N3O/c1-9(2)12(18(4)5)8-17-13(20)11-7-6-10(3)19(11)14(15)16/h6-7,9,12,14H,8H2,1-5H3,(H,17,20). The molecule has 0 aliphatic heterocycles. The van der Waals surface area contributed by atoms with Gasteiger partial charge >= 0.3 is 6.55 Å². The predicted octanol–water partition coefficient (Wildman–Crippen LogP) is 2.51. The number of rotatable bonds is 6. The molecule has 1 rings (SSSR count). The van der Waals surface area contributed by atoms with Crippen LogP contribution in [-0.4, -0.2) is 42.1 Å². The lowest BCUT2D eigenvalue weighted by molar-refractivity contribution is 0.0614. The zero-order valence-corrected chi connectivity index (χ0v) is 12.7. The van der Waals surface area contributed by atoms with E-state index in [1.165, 1.54) is 12.1 Å². The molecular formula is C14H23F2N3O. The molecule has 0 aromatic carbocycles. The first kappa shape index (κ1) is 16.6. The van der Waals surface area contributed by atoms with Crippen molar-refractivity contribution in [3.63, 3.8) is 0 Å². The van der Waals surface area contributed by atoms with Gasteiger partial charge in [-0.3, -0.25) is 9.36 Å². The highest BCUT2D eigenvalue weighted by Crippen LogP contribution is 2.18. The van der Waals surface area contributed by atoms with Gasteiger partial charge in [0.15, 0.2) is 0 Å². The van der Waals surface area contributed by atoms with Crippen LogP contribution in [0, 0.1) is 12.8 Å². The molecule has 0 radical (unpaired) electrons. The summed E-state index contributed by atoms with van der Waals surface area (Å²) in [5, 5.41) is 2.74. The van der Waals surface area contributed by atoms with E-state index in [0.29, 0.717) is 18.2 Å². The molecular weight excluding hydrogens is 264 g/mol. The molecule has 1 unspecified atom stereocenters. The molecule has 1 N–H and O–H groups in total. The Morgan fingerprint density at radius 1 is 1.35 bits per heavy atom. The third-order valence-corrected chi connectivity index (χ3v) is 3.45. The van der Waals surface area contributed by atoms with Gasteiger partial charge in [-0.05, 0) is 39.1 Å². The molecule has 1 aromatic rings. The monoisotopic (exact) mass is 287 g/mol. The highest BCUT2D eigenvalue weighted by molar-refractivity contribution is 5.93. The van der Waals surface area contributed by atoms with Gasteiger partial charge in [0.1, 0.15) is 5.69 Å². The van der Waals surface area contributed by atoms with E-state index in [2.05, 4.69) is 19.2 Å². The minimum Gasteiger partial charge on any atom is -0.349 e. The average Bonchev–Trinajstić information content (AvgIpc) is 2.70. The Balaban J connectivity index is 2.77. The number of likely N-dealkylation sites (N-methyl/N-ethyl adjacent to an activating group) is 1. The van der Waals surface area contributed by atoms with Crippen molar-refractivity contribution in [3.8, 4) is 0 Å². The van der Waals surface area contributed by atoms with E-state index in [1.54, 1.807) is 6.92 Å². The Bertz CT molecular complexity index is 447. The largest absolute Gasteiger partial charge is 0.349 e. The number of nitrogens with zero attached hydrogens (tertiary/aromatic N) is 2. The fraction of sp³-hybridized carbons (Fsp3) is 0.643. The summed E-state index contributed by atoms with van der Waals surface area (Å²) in [7, 11) is 3.87. The molecule has 1 heterocycles. The first-order valence-electron chi connectivity index (χ1n) is 6.66. The summed E-state index contributed by atoms with van der Waals surface area (Å²) in [5.74, 6) is -0.111. The number of aromatic nitrogens is 1. The number of carbonyl (C=O) groups is 1. The van der Waals surface area contributed by atoms with Crippen LogP contribution in [-0.2, 0) is 0 Å². The topological polar surface area (TPSA) is 37.3 Å². The highest BCUT2D eigenvalue weighted by Gasteiger charge is 2.21. The van der Waals surface area contributed by atoms with Gasteiger partial charge in [-0.1, -0.05) is 13.8 Å². The van der Waals surface area contributed by atoms with Crippen LogP contribution in [0.1, 0.15) is 36.6 Å². The first-order valence-corrected chi connectivity index (χ1v) is 6.66. The zero-order chi connectivity index (χ0) is 15.4. The number of amides is 1.